The molecule has 0 bridgehead atoms. The topological polar surface area (TPSA) is 66.4 Å². The lowest BCUT2D eigenvalue weighted by Gasteiger charge is -2.00. The van der Waals surface area contributed by atoms with Crippen LogP contribution in [0.1, 0.15) is 19.4 Å². The summed E-state index contributed by atoms with van der Waals surface area (Å²) < 4.78 is 0. The molecule has 0 unspecified atom stereocenters. The summed E-state index contributed by atoms with van der Waals surface area (Å²) in [5.41, 5.74) is 0.328. The first-order valence-corrected chi connectivity index (χ1v) is 7.12. The smallest absolute Gasteiger partial charge is 0.348 e. The van der Waals surface area contributed by atoms with Gasteiger partial charge < -0.3 is 10.4 Å². The Morgan fingerprint density at radius 2 is 2.11 bits per heavy atom. The molecule has 2 heterocycles. The highest BCUT2D eigenvalue weighted by Gasteiger charge is 2.12. The number of carboxylic acids is 1. The van der Waals surface area contributed by atoms with Crippen molar-refractivity contribution in [1.29, 1.82) is 0 Å². The maximum absolute atomic E-state index is 11.7. The second kappa shape index (κ2) is 5.81. The van der Waals surface area contributed by atoms with E-state index >= 15 is 0 Å². The molecule has 0 radical (unpaired) electrons. The van der Waals surface area contributed by atoms with Crippen molar-refractivity contribution in [3.8, 4) is 0 Å². The molecule has 0 aliphatic carbocycles. The van der Waals surface area contributed by atoms with Crippen molar-refractivity contribution in [2.45, 2.75) is 6.92 Å². The zero-order valence-electron chi connectivity index (χ0n) is 10.0. The number of hydrogen-bond donors (Lipinski definition) is 2. The minimum atomic E-state index is -1.04. The zero-order chi connectivity index (χ0) is 13.8. The minimum absolute atomic E-state index is 0.133. The van der Waals surface area contributed by atoms with Crippen molar-refractivity contribution in [1.82, 2.24) is 0 Å². The molecule has 19 heavy (non-hydrogen) atoms. The summed E-state index contributed by atoms with van der Waals surface area (Å²) in [6.45, 7) is 1.99. The van der Waals surface area contributed by atoms with E-state index in [9.17, 15) is 9.59 Å². The van der Waals surface area contributed by atoms with Crippen LogP contribution in [0.25, 0.3) is 6.08 Å². The zero-order valence-corrected chi connectivity index (χ0v) is 11.7. The van der Waals surface area contributed by atoms with Crippen LogP contribution in [0, 0.1) is 6.92 Å². The van der Waals surface area contributed by atoms with Gasteiger partial charge in [-0.3, -0.25) is 4.79 Å². The van der Waals surface area contributed by atoms with Crippen LogP contribution in [0.2, 0.25) is 0 Å². The molecule has 0 saturated heterocycles. The Morgan fingerprint density at radius 1 is 1.32 bits per heavy atom. The van der Waals surface area contributed by atoms with Crippen LogP contribution in [-0.2, 0) is 4.79 Å². The molecule has 6 heteroatoms. The third-order valence-corrected chi connectivity index (χ3v) is 4.15. The Bertz CT molecular complexity index is 640. The number of carbonyl (C=O) groups excluding carboxylic acids is 1. The van der Waals surface area contributed by atoms with Crippen molar-refractivity contribution >= 4 is 46.3 Å². The molecule has 2 aromatic heterocycles. The molecule has 0 atom stereocenters. The quantitative estimate of drug-likeness (QED) is 0.848. The van der Waals surface area contributed by atoms with E-state index in [-0.39, 0.29) is 10.8 Å². The molecule has 2 aromatic rings. The van der Waals surface area contributed by atoms with Crippen molar-refractivity contribution in [3.63, 3.8) is 0 Å². The van der Waals surface area contributed by atoms with Gasteiger partial charge in [0.05, 0.1) is 5.69 Å². The van der Waals surface area contributed by atoms with Gasteiger partial charge in [0.15, 0.2) is 0 Å². The normalized spacial score (nSPS) is 10.8. The first-order valence-electron chi connectivity index (χ1n) is 5.42. The summed E-state index contributed by atoms with van der Waals surface area (Å²) >= 11 is 2.67. The molecule has 0 aliphatic rings. The highest BCUT2D eigenvalue weighted by molar-refractivity contribution is 7.13. The second-order valence-corrected chi connectivity index (χ2v) is 5.98. The highest BCUT2D eigenvalue weighted by atomic mass is 32.1. The van der Waals surface area contributed by atoms with Gasteiger partial charge >= 0.3 is 5.97 Å². The summed E-state index contributed by atoms with van der Waals surface area (Å²) in [6.07, 6.45) is 3.11. The van der Waals surface area contributed by atoms with Gasteiger partial charge in [-0.1, -0.05) is 0 Å². The molecule has 0 aliphatic heterocycles. The van der Waals surface area contributed by atoms with Gasteiger partial charge in [0.2, 0.25) is 5.91 Å². The lowest BCUT2D eigenvalue weighted by molar-refractivity contribution is -0.111. The number of hydrogen-bond acceptors (Lipinski definition) is 4. The summed E-state index contributed by atoms with van der Waals surface area (Å²) in [4.78, 5) is 24.9. The Balaban J connectivity index is 2.03. The molecule has 0 fully saturated rings. The van der Waals surface area contributed by atoms with Gasteiger partial charge in [-0.25, -0.2) is 4.79 Å². The Kier molecular flexibility index (Phi) is 4.13. The Hall–Kier alpha value is -1.92. The lowest BCUT2D eigenvalue weighted by Crippen LogP contribution is -2.09. The van der Waals surface area contributed by atoms with Gasteiger partial charge in [0.25, 0.3) is 0 Å². The van der Waals surface area contributed by atoms with Crippen molar-refractivity contribution in [3.05, 3.63) is 44.3 Å². The van der Waals surface area contributed by atoms with Crippen LogP contribution in [0.15, 0.2) is 29.7 Å². The van der Waals surface area contributed by atoms with E-state index in [4.69, 9.17) is 5.11 Å². The van der Waals surface area contributed by atoms with Crippen LogP contribution in [0.4, 0.5) is 5.69 Å². The molecule has 1 amide bonds. The summed E-state index contributed by atoms with van der Waals surface area (Å²) in [6, 6.07) is 5.48. The average molecular weight is 293 g/mol. The van der Waals surface area contributed by atoms with E-state index in [2.05, 4.69) is 5.32 Å². The number of aromatic carboxylic acids is 1. The largest absolute Gasteiger partial charge is 0.477 e. The molecule has 2 rings (SSSR count). The van der Waals surface area contributed by atoms with E-state index in [1.54, 1.807) is 28.9 Å². The van der Waals surface area contributed by atoms with E-state index in [1.165, 1.54) is 11.0 Å². The number of thiophene rings is 2. The molecule has 0 aromatic carbocycles. The summed E-state index contributed by atoms with van der Waals surface area (Å²) in [5.74, 6) is -1.38. The van der Waals surface area contributed by atoms with E-state index in [0.717, 1.165) is 16.2 Å². The molecule has 0 spiro atoms. The molecule has 98 valence electrons. The maximum Gasteiger partial charge on any atom is 0.348 e. The molecular weight excluding hydrogens is 282 g/mol. The fourth-order valence-corrected chi connectivity index (χ4v) is 2.92. The minimum Gasteiger partial charge on any atom is -0.477 e. The van der Waals surface area contributed by atoms with Gasteiger partial charge in [-0.15, -0.1) is 22.7 Å². The third-order valence-electron chi connectivity index (χ3n) is 2.28. The van der Waals surface area contributed by atoms with E-state index in [0.29, 0.717) is 5.69 Å². The van der Waals surface area contributed by atoms with Gasteiger partial charge in [0.1, 0.15) is 4.88 Å². The Labute approximate surface area is 118 Å². The number of carbonyl (C=O) groups is 2. The number of aryl methyl sites for hydroxylation is 1. The fourth-order valence-electron chi connectivity index (χ4n) is 1.45. The second-order valence-electron chi connectivity index (χ2n) is 3.74. The van der Waals surface area contributed by atoms with E-state index in [1.807, 2.05) is 19.1 Å². The Morgan fingerprint density at radius 3 is 2.74 bits per heavy atom. The van der Waals surface area contributed by atoms with E-state index < -0.39 is 5.97 Å². The van der Waals surface area contributed by atoms with Crippen LogP contribution in [-0.4, -0.2) is 17.0 Å². The number of nitrogens with one attached hydrogen (secondary N) is 1. The van der Waals surface area contributed by atoms with Crippen LogP contribution < -0.4 is 5.32 Å². The van der Waals surface area contributed by atoms with Gasteiger partial charge in [-0.2, -0.15) is 0 Å². The van der Waals surface area contributed by atoms with Gasteiger partial charge in [0, 0.05) is 15.8 Å². The molecule has 2 N–H and O–H groups in total. The number of anilines is 1. The lowest BCUT2D eigenvalue weighted by atomic mass is 10.3. The predicted molar refractivity (Wildman–Crippen MR) is 78.0 cm³/mol. The predicted octanol–water partition coefficient (Wildman–Crippen LogP) is 3.47. The van der Waals surface area contributed by atoms with Crippen LogP contribution in [0.3, 0.4) is 0 Å². The van der Waals surface area contributed by atoms with Crippen molar-refractivity contribution in [2.24, 2.45) is 0 Å². The SMILES string of the molecule is Cc1ccc(/C=C/C(=O)Nc2ccsc2C(=O)O)s1. The summed E-state index contributed by atoms with van der Waals surface area (Å²) in [7, 11) is 0. The standard InChI is InChI=1S/C13H11NO3S2/c1-8-2-3-9(19-8)4-5-11(15)14-10-6-7-18-12(10)13(16)17/h2-7H,1H3,(H,14,15)(H,16,17)/b5-4+. The number of amides is 1. The number of rotatable bonds is 4. The average Bonchev–Trinajstić information content (AvgIpc) is 2.95. The van der Waals surface area contributed by atoms with Crippen molar-refractivity contribution < 1.29 is 14.7 Å². The maximum atomic E-state index is 11.7. The summed E-state index contributed by atoms with van der Waals surface area (Å²) in [5, 5.41) is 13.1. The first kappa shape index (κ1) is 13.5. The van der Waals surface area contributed by atoms with Crippen molar-refractivity contribution in [2.75, 3.05) is 5.32 Å². The van der Waals surface area contributed by atoms with Gasteiger partial charge in [-0.05, 0) is 36.6 Å². The van der Waals surface area contributed by atoms with Crippen LogP contribution in [0.5, 0.6) is 0 Å². The highest BCUT2D eigenvalue weighted by Crippen LogP contribution is 2.22. The molecule has 4 nitrogen and oxygen atoms in total. The first-order chi connectivity index (χ1) is 9.06. The molecule has 0 saturated carbocycles. The van der Waals surface area contributed by atoms with Crippen LogP contribution >= 0.6 is 22.7 Å². The monoisotopic (exact) mass is 293 g/mol. The number of carboxylic acid groups (broad SMARTS) is 1. The third kappa shape index (κ3) is 3.52. The fraction of sp³-hybridized carbons (Fsp3) is 0.0769. The molecular formula is C13H11NO3S2.